The summed E-state index contributed by atoms with van der Waals surface area (Å²) < 4.78 is 6.33. The molecule has 0 aromatic heterocycles. The van der Waals surface area contributed by atoms with Crippen LogP contribution in [-0.2, 0) is 9.53 Å². The number of nitrogens with zero attached hydrogens (tertiary/aromatic N) is 1. The van der Waals surface area contributed by atoms with Gasteiger partial charge in [-0.2, -0.15) is 0 Å². The summed E-state index contributed by atoms with van der Waals surface area (Å²) in [6.07, 6.45) is 7.25. The van der Waals surface area contributed by atoms with E-state index in [1.807, 2.05) is 0 Å². The van der Waals surface area contributed by atoms with E-state index in [0.717, 1.165) is 38.6 Å². The van der Waals surface area contributed by atoms with E-state index in [0.29, 0.717) is 57.0 Å². The van der Waals surface area contributed by atoms with Gasteiger partial charge >= 0.3 is 0 Å². The maximum atomic E-state index is 15.6. The molecule has 0 radical (unpaired) electrons. The second kappa shape index (κ2) is 16.2. The zero-order valence-corrected chi connectivity index (χ0v) is 34.7. The normalized spacial score (nSPS) is 47.5. The summed E-state index contributed by atoms with van der Waals surface area (Å²) >= 11 is 0. The fraction of sp³-hybridized carbons (Fsp3) is 0.911. The number of ketones is 1. The van der Waals surface area contributed by atoms with Gasteiger partial charge < -0.3 is 40.7 Å². The highest BCUT2D eigenvalue weighted by Crippen LogP contribution is 2.74. The van der Waals surface area contributed by atoms with Gasteiger partial charge in [-0.1, -0.05) is 39.5 Å². The van der Waals surface area contributed by atoms with E-state index < -0.39 is 69.8 Å². The predicted molar refractivity (Wildman–Crippen MR) is 213 cm³/mol. The number of unbranched alkanes of at least 4 members (excludes halogenated alkanes) is 3. The van der Waals surface area contributed by atoms with Gasteiger partial charge in [0.25, 0.3) is 0 Å². The van der Waals surface area contributed by atoms with Crippen molar-refractivity contribution in [2.45, 2.75) is 185 Å². The van der Waals surface area contributed by atoms with E-state index in [4.69, 9.17) is 15.5 Å². The second-order valence-corrected chi connectivity index (χ2v) is 20.2. The van der Waals surface area contributed by atoms with E-state index in [1.165, 1.54) is 19.3 Å². The highest BCUT2D eigenvalue weighted by Gasteiger charge is 2.78. The average Bonchev–Trinajstić information content (AvgIpc) is 3.69. The molecule has 17 atom stereocenters. The highest BCUT2D eigenvalue weighted by atomic mass is 16.5. The number of aliphatic hydroxyl groups is 6. The van der Waals surface area contributed by atoms with Crippen LogP contribution < -0.4 is 11.1 Å². The predicted octanol–water partition coefficient (Wildman–Crippen LogP) is 2.60. The summed E-state index contributed by atoms with van der Waals surface area (Å²) in [6, 6.07) is 0. The van der Waals surface area contributed by atoms with Crippen LogP contribution in [0, 0.1) is 63.6 Å². The standard InChI is InChI=1S/C45H73N3O8/c1-5-6-7-8-11-30-26-56-38(28(30)3)40(53)41(4,54)34-16-21-45(55)36-31-15-20-42(34,45)17-9-10-18-44(39(52)37(36)48-24-27(2)49)23-33(51)32(50)22-43(31,44)19-14-29-12-13-35(46)47-25-29/h27-36,38,40,47,49-51,53-55H,5-8,11-26,46H2,1-4H3/p+1/t27-,28-,29?,30-,31+,32-,33+,34-,35?,36+,38+,40+,41+,42-,43+,44+,45-/m0/s1. The molecular weight excluding hydrogens is 711 g/mol. The van der Waals surface area contributed by atoms with Crippen LogP contribution in [0.4, 0.5) is 0 Å². The van der Waals surface area contributed by atoms with Gasteiger partial charge in [0.1, 0.15) is 12.3 Å². The first-order chi connectivity index (χ1) is 26.6. The van der Waals surface area contributed by atoms with Gasteiger partial charge in [-0.15, -0.1) is 11.8 Å². The van der Waals surface area contributed by atoms with Gasteiger partial charge in [0, 0.05) is 36.5 Å². The summed E-state index contributed by atoms with van der Waals surface area (Å²) in [5.41, 5.74) is 0.573. The molecule has 4 saturated carbocycles. The van der Waals surface area contributed by atoms with Crippen molar-refractivity contribution in [2.24, 2.45) is 62.5 Å². The Hall–Kier alpha value is -1.46. The van der Waals surface area contributed by atoms with Crippen molar-refractivity contribution in [1.82, 2.24) is 0 Å². The Morgan fingerprint density at radius 3 is 2.50 bits per heavy atom. The number of aliphatic hydroxyl groups excluding tert-OH is 4. The molecule has 56 heavy (non-hydrogen) atoms. The number of quaternary nitrogens is 1. The van der Waals surface area contributed by atoms with Gasteiger partial charge in [-0.05, 0) is 107 Å². The Kier molecular flexibility index (Phi) is 12.3. The maximum Gasteiger partial charge on any atom is 0.184 e. The Morgan fingerprint density at radius 1 is 1.04 bits per heavy atom. The monoisotopic (exact) mass is 785 g/mol. The number of aliphatic imine (C=N–C) groups is 1. The highest BCUT2D eigenvalue weighted by molar-refractivity contribution is 6.44. The van der Waals surface area contributed by atoms with Crippen LogP contribution in [0.1, 0.15) is 137 Å². The topological polar surface area (TPSA) is 203 Å². The van der Waals surface area contributed by atoms with Crippen LogP contribution in [0.2, 0.25) is 0 Å². The first kappa shape index (κ1) is 42.7. The van der Waals surface area contributed by atoms with Crippen molar-refractivity contribution in [3.05, 3.63) is 0 Å². The lowest BCUT2D eigenvalue weighted by Gasteiger charge is -2.69. The van der Waals surface area contributed by atoms with Crippen molar-refractivity contribution in [3.8, 4) is 11.8 Å². The third-order valence-corrected chi connectivity index (χ3v) is 17.3. The third kappa shape index (κ3) is 6.77. The van der Waals surface area contributed by atoms with Crippen molar-refractivity contribution in [2.75, 3.05) is 19.7 Å². The Bertz CT molecular complexity index is 1520. The molecule has 0 aromatic carbocycles. The van der Waals surface area contributed by atoms with Crippen LogP contribution in [0.3, 0.4) is 0 Å². The van der Waals surface area contributed by atoms with Gasteiger partial charge in [0.05, 0.1) is 66.4 Å². The molecule has 4 bridgehead atoms. The minimum Gasteiger partial charge on any atom is -0.391 e. The molecule has 11 nitrogen and oxygen atoms in total. The number of rotatable bonds is 13. The number of fused-ring (bicyclic) bond motifs is 4. The summed E-state index contributed by atoms with van der Waals surface area (Å²) in [5, 5.41) is 74.4. The molecule has 316 valence electrons. The average molecular weight is 785 g/mol. The Labute approximate surface area is 335 Å². The zero-order valence-electron chi connectivity index (χ0n) is 34.7. The van der Waals surface area contributed by atoms with E-state index in [1.54, 1.807) is 13.8 Å². The largest absolute Gasteiger partial charge is 0.391 e. The molecule has 8 aliphatic rings. The van der Waals surface area contributed by atoms with Gasteiger partial charge in [-0.25, -0.2) is 0 Å². The first-order valence-electron chi connectivity index (χ1n) is 22.5. The molecule has 11 heteroatoms. The van der Waals surface area contributed by atoms with Crippen LogP contribution in [-0.4, -0.2) is 110 Å². The fourth-order valence-electron chi connectivity index (χ4n) is 14.1. The number of Topliss-reactive ketones (excluding diaryl/α,β-unsaturated/α-hetero) is 1. The van der Waals surface area contributed by atoms with E-state index in [-0.39, 0.29) is 55.3 Å². The van der Waals surface area contributed by atoms with E-state index in [2.05, 4.69) is 31.0 Å². The number of hydrogen-bond donors (Lipinski definition) is 8. The summed E-state index contributed by atoms with van der Waals surface area (Å²) in [4.78, 5) is 20.5. The SMILES string of the molecule is CCCCCC[C@H]1CO[C@@H]([C@@H](O)[C@](C)(O)[C@@H]2CC[C@]3(O)[C@H]4C(=NC[C@H](C)O)C(=O)[C@]56CC#CC[C@]23CC[C@H]4[C@@]5(CCC2CCC(N)[NH2+]C2)C[C@H](O)[C@H](O)C6)[C@H]1C. The maximum absolute atomic E-state index is 15.6. The molecule has 8 rings (SSSR count). The first-order valence-corrected chi connectivity index (χ1v) is 22.5. The van der Waals surface area contributed by atoms with Crippen molar-refractivity contribution >= 4 is 11.5 Å². The molecule has 6 fully saturated rings. The fourth-order valence-corrected chi connectivity index (χ4v) is 14.1. The number of hydrogen-bond acceptors (Lipinski definition) is 10. The summed E-state index contributed by atoms with van der Waals surface area (Å²) in [6.45, 7) is 9.15. The van der Waals surface area contributed by atoms with Gasteiger partial charge in [0.15, 0.2) is 5.78 Å². The van der Waals surface area contributed by atoms with Crippen LogP contribution in [0.25, 0.3) is 0 Å². The smallest absolute Gasteiger partial charge is 0.184 e. The van der Waals surface area contributed by atoms with E-state index in [9.17, 15) is 30.6 Å². The number of nitrogens with two attached hydrogens (primary N) is 2. The number of piperidine rings is 1. The minimum atomic E-state index is -1.63. The lowest BCUT2D eigenvalue weighted by molar-refractivity contribution is -0.703. The molecule has 6 aliphatic carbocycles. The molecule has 2 saturated heterocycles. The Morgan fingerprint density at radius 2 is 1.79 bits per heavy atom. The minimum absolute atomic E-state index is 0.00184. The van der Waals surface area contributed by atoms with Crippen LogP contribution >= 0.6 is 0 Å². The van der Waals surface area contributed by atoms with E-state index >= 15 is 4.79 Å². The Balaban J connectivity index is 1.29. The van der Waals surface area contributed by atoms with Crippen LogP contribution in [0.15, 0.2) is 4.99 Å². The summed E-state index contributed by atoms with van der Waals surface area (Å²) in [7, 11) is 0. The lowest BCUT2D eigenvalue weighted by Crippen LogP contribution is -2.95. The lowest BCUT2D eigenvalue weighted by atomic mass is 9.35. The van der Waals surface area contributed by atoms with Crippen LogP contribution in [0.5, 0.6) is 0 Å². The van der Waals surface area contributed by atoms with Crippen molar-refractivity contribution in [3.63, 3.8) is 0 Å². The quantitative estimate of drug-likeness (QED) is 0.102. The molecule has 2 spiro atoms. The molecule has 10 N–H and O–H groups in total. The number of carbonyl (C=O) groups is 1. The number of ether oxygens (including phenoxy) is 1. The zero-order chi connectivity index (χ0) is 40.3. The van der Waals surface area contributed by atoms with Gasteiger partial charge in [0.2, 0.25) is 0 Å². The number of carbonyl (C=O) groups excluding carboxylic acids is 1. The third-order valence-electron chi connectivity index (χ3n) is 17.3. The van der Waals surface area contributed by atoms with Crippen molar-refractivity contribution in [1.29, 1.82) is 0 Å². The van der Waals surface area contributed by atoms with Gasteiger partial charge in [-0.3, -0.25) is 15.5 Å². The second-order valence-electron chi connectivity index (χ2n) is 20.2. The summed E-state index contributed by atoms with van der Waals surface area (Å²) in [5.74, 6) is 5.92. The van der Waals surface area contributed by atoms with Crippen molar-refractivity contribution < 1.29 is 45.5 Å². The molecular formula is C45H74N3O8+. The molecule has 2 aliphatic heterocycles. The molecule has 2 heterocycles. The molecule has 2 unspecified atom stereocenters. The molecule has 0 amide bonds. The molecule has 0 aromatic rings.